The van der Waals surface area contributed by atoms with E-state index in [1.54, 1.807) is 22.7 Å². The van der Waals surface area contributed by atoms with Gasteiger partial charge in [0.15, 0.2) is 0 Å². The Morgan fingerprint density at radius 1 is 1.11 bits per heavy atom. The molecule has 0 aliphatic heterocycles. The SMILES string of the molecule is CCCCOCCNC(c1cccs1)c1cccs1. The minimum absolute atomic E-state index is 0.315. The fourth-order valence-corrected chi connectivity index (χ4v) is 3.59. The molecular formula is C15H21NOS2. The van der Waals surface area contributed by atoms with Gasteiger partial charge in [-0.25, -0.2) is 0 Å². The second kappa shape index (κ2) is 8.48. The molecule has 0 spiro atoms. The van der Waals surface area contributed by atoms with Crippen molar-refractivity contribution >= 4 is 22.7 Å². The van der Waals surface area contributed by atoms with Crippen LogP contribution in [-0.2, 0) is 4.74 Å². The lowest BCUT2D eigenvalue weighted by Gasteiger charge is -2.16. The monoisotopic (exact) mass is 295 g/mol. The number of rotatable bonds is 9. The first-order chi connectivity index (χ1) is 9.42. The smallest absolute Gasteiger partial charge is 0.0765 e. The molecule has 0 fully saturated rings. The maximum Gasteiger partial charge on any atom is 0.0765 e. The minimum atomic E-state index is 0.315. The number of nitrogens with one attached hydrogen (secondary N) is 1. The third-order valence-electron chi connectivity index (χ3n) is 2.89. The zero-order valence-corrected chi connectivity index (χ0v) is 12.9. The lowest BCUT2D eigenvalue weighted by atomic mass is 10.2. The van der Waals surface area contributed by atoms with Crippen molar-refractivity contribution in [3.05, 3.63) is 44.8 Å². The van der Waals surface area contributed by atoms with Crippen molar-refractivity contribution in [3.63, 3.8) is 0 Å². The highest BCUT2D eigenvalue weighted by molar-refractivity contribution is 7.11. The Morgan fingerprint density at radius 3 is 2.32 bits per heavy atom. The van der Waals surface area contributed by atoms with Crippen LogP contribution in [0.2, 0.25) is 0 Å². The summed E-state index contributed by atoms with van der Waals surface area (Å²) in [5.41, 5.74) is 0. The molecule has 0 bridgehead atoms. The summed E-state index contributed by atoms with van der Waals surface area (Å²) in [5.74, 6) is 0. The third kappa shape index (κ3) is 4.73. The van der Waals surface area contributed by atoms with Gasteiger partial charge in [0.05, 0.1) is 12.6 Å². The summed E-state index contributed by atoms with van der Waals surface area (Å²) in [4.78, 5) is 2.74. The van der Waals surface area contributed by atoms with Crippen LogP contribution in [-0.4, -0.2) is 19.8 Å². The van der Waals surface area contributed by atoms with Crippen LogP contribution in [0.25, 0.3) is 0 Å². The van der Waals surface area contributed by atoms with Gasteiger partial charge in [-0.2, -0.15) is 0 Å². The molecule has 0 aromatic carbocycles. The van der Waals surface area contributed by atoms with E-state index in [1.807, 2.05) is 0 Å². The highest BCUT2D eigenvalue weighted by Crippen LogP contribution is 2.28. The molecule has 2 heterocycles. The zero-order chi connectivity index (χ0) is 13.3. The van der Waals surface area contributed by atoms with Gasteiger partial charge in [-0.15, -0.1) is 22.7 Å². The number of hydrogen-bond donors (Lipinski definition) is 1. The van der Waals surface area contributed by atoms with Crippen LogP contribution in [0.5, 0.6) is 0 Å². The summed E-state index contributed by atoms with van der Waals surface area (Å²) >= 11 is 3.61. The van der Waals surface area contributed by atoms with Crippen LogP contribution in [0.1, 0.15) is 35.6 Å². The molecule has 19 heavy (non-hydrogen) atoms. The molecule has 0 amide bonds. The normalized spacial score (nSPS) is 11.3. The van der Waals surface area contributed by atoms with Crippen molar-refractivity contribution in [3.8, 4) is 0 Å². The Bertz CT molecular complexity index is 391. The topological polar surface area (TPSA) is 21.3 Å². The molecule has 2 rings (SSSR count). The predicted molar refractivity (Wildman–Crippen MR) is 84.2 cm³/mol. The quantitative estimate of drug-likeness (QED) is 0.696. The van der Waals surface area contributed by atoms with Crippen LogP contribution in [0, 0.1) is 0 Å². The van der Waals surface area contributed by atoms with E-state index in [-0.39, 0.29) is 0 Å². The van der Waals surface area contributed by atoms with Crippen molar-refractivity contribution in [1.82, 2.24) is 5.32 Å². The van der Waals surface area contributed by atoms with Gasteiger partial charge in [0.1, 0.15) is 0 Å². The Labute approximate surface area is 123 Å². The Morgan fingerprint density at radius 2 is 1.79 bits per heavy atom. The molecule has 1 N–H and O–H groups in total. The molecule has 2 nitrogen and oxygen atoms in total. The Hall–Kier alpha value is -0.680. The summed E-state index contributed by atoms with van der Waals surface area (Å²) in [7, 11) is 0. The van der Waals surface area contributed by atoms with Crippen LogP contribution in [0.15, 0.2) is 35.0 Å². The summed E-state index contributed by atoms with van der Waals surface area (Å²) in [5, 5.41) is 7.87. The third-order valence-corrected chi connectivity index (χ3v) is 4.77. The average molecular weight is 295 g/mol. The van der Waals surface area contributed by atoms with Crippen molar-refractivity contribution < 1.29 is 4.74 Å². The van der Waals surface area contributed by atoms with Gasteiger partial charge in [-0.05, 0) is 29.3 Å². The van der Waals surface area contributed by atoms with E-state index in [9.17, 15) is 0 Å². The maximum atomic E-state index is 5.60. The van der Waals surface area contributed by atoms with Gasteiger partial charge in [0.25, 0.3) is 0 Å². The molecule has 0 aliphatic carbocycles. The summed E-state index contributed by atoms with van der Waals surface area (Å²) < 4.78 is 5.60. The summed E-state index contributed by atoms with van der Waals surface area (Å²) in [6, 6.07) is 8.93. The summed E-state index contributed by atoms with van der Waals surface area (Å²) in [6.07, 6.45) is 2.35. The fourth-order valence-electron chi connectivity index (χ4n) is 1.88. The van der Waals surface area contributed by atoms with E-state index in [1.165, 1.54) is 16.2 Å². The van der Waals surface area contributed by atoms with Gasteiger partial charge in [-0.1, -0.05) is 25.5 Å². The van der Waals surface area contributed by atoms with Crippen molar-refractivity contribution in [2.45, 2.75) is 25.8 Å². The molecule has 0 saturated heterocycles. The lowest BCUT2D eigenvalue weighted by molar-refractivity contribution is 0.132. The van der Waals surface area contributed by atoms with Crippen LogP contribution in [0.3, 0.4) is 0 Å². The lowest BCUT2D eigenvalue weighted by Crippen LogP contribution is -2.25. The van der Waals surface area contributed by atoms with Crippen LogP contribution >= 0.6 is 22.7 Å². The maximum absolute atomic E-state index is 5.60. The Kier molecular flexibility index (Phi) is 6.57. The van der Waals surface area contributed by atoms with Crippen LogP contribution in [0.4, 0.5) is 0 Å². The molecule has 0 aliphatic rings. The van der Waals surface area contributed by atoms with Gasteiger partial charge >= 0.3 is 0 Å². The molecule has 4 heteroatoms. The molecule has 2 aromatic rings. The van der Waals surface area contributed by atoms with Gasteiger partial charge in [-0.3, -0.25) is 0 Å². The van der Waals surface area contributed by atoms with E-state index < -0.39 is 0 Å². The van der Waals surface area contributed by atoms with Crippen molar-refractivity contribution in [2.75, 3.05) is 19.8 Å². The van der Waals surface area contributed by atoms with E-state index in [2.05, 4.69) is 47.3 Å². The van der Waals surface area contributed by atoms with Gasteiger partial charge in [0.2, 0.25) is 0 Å². The number of thiophene rings is 2. The minimum Gasteiger partial charge on any atom is -0.380 e. The van der Waals surface area contributed by atoms with Crippen LogP contribution < -0.4 is 5.32 Å². The highest BCUT2D eigenvalue weighted by Gasteiger charge is 2.14. The molecule has 104 valence electrons. The van der Waals surface area contributed by atoms with Gasteiger partial charge in [0, 0.05) is 22.9 Å². The zero-order valence-electron chi connectivity index (χ0n) is 11.3. The number of unbranched alkanes of at least 4 members (excludes halogenated alkanes) is 1. The highest BCUT2D eigenvalue weighted by atomic mass is 32.1. The fraction of sp³-hybridized carbons (Fsp3) is 0.467. The molecule has 0 saturated carbocycles. The van der Waals surface area contributed by atoms with E-state index in [4.69, 9.17) is 4.74 Å². The molecule has 2 aromatic heterocycles. The molecule has 0 unspecified atom stereocenters. The second-order valence-corrected chi connectivity index (χ2v) is 6.34. The second-order valence-electron chi connectivity index (χ2n) is 4.38. The first-order valence-corrected chi connectivity index (χ1v) is 8.55. The van der Waals surface area contributed by atoms with Crippen molar-refractivity contribution in [2.24, 2.45) is 0 Å². The van der Waals surface area contributed by atoms with Crippen molar-refractivity contribution in [1.29, 1.82) is 0 Å². The average Bonchev–Trinajstić information content (AvgIpc) is 3.11. The summed E-state index contributed by atoms with van der Waals surface area (Å²) in [6.45, 7) is 4.74. The number of ether oxygens (including phenoxy) is 1. The predicted octanol–water partition coefficient (Wildman–Crippen LogP) is 4.31. The molecule has 0 radical (unpaired) electrons. The van der Waals surface area contributed by atoms with E-state index in [0.29, 0.717) is 6.04 Å². The molecular weight excluding hydrogens is 274 g/mol. The standard InChI is InChI=1S/C15H21NOS2/c1-2-3-9-17-10-8-16-15(13-6-4-11-18-13)14-7-5-12-19-14/h4-7,11-12,15-16H,2-3,8-10H2,1H3. The first kappa shape index (κ1) is 14.7. The first-order valence-electron chi connectivity index (χ1n) is 6.79. The van der Waals surface area contributed by atoms with E-state index >= 15 is 0 Å². The molecule has 0 atom stereocenters. The largest absolute Gasteiger partial charge is 0.380 e. The van der Waals surface area contributed by atoms with Gasteiger partial charge < -0.3 is 10.1 Å². The number of hydrogen-bond acceptors (Lipinski definition) is 4. The Balaban J connectivity index is 1.82. The van der Waals surface area contributed by atoms with E-state index in [0.717, 1.165) is 26.2 Å².